The van der Waals surface area contributed by atoms with E-state index in [-0.39, 0.29) is 12.5 Å². The van der Waals surface area contributed by atoms with Crippen LogP contribution in [0.3, 0.4) is 0 Å². The third-order valence-corrected chi connectivity index (χ3v) is 3.66. The molecule has 1 saturated heterocycles. The molecular formula is C15H27NO8. The quantitative estimate of drug-likeness (QED) is 0.266. The van der Waals surface area contributed by atoms with Crippen molar-refractivity contribution in [3.8, 4) is 0 Å². The van der Waals surface area contributed by atoms with Crippen LogP contribution < -0.4 is 5.32 Å². The van der Waals surface area contributed by atoms with Crippen LogP contribution in [-0.2, 0) is 14.3 Å². The van der Waals surface area contributed by atoms with Gasteiger partial charge in [0.15, 0.2) is 6.29 Å². The first-order valence-electron chi connectivity index (χ1n) is 7.85. The molecule has 1 amide bonds. The maximum atomic E-state index is 11.3. The summed E-state index contributed by atoms with van der Waals surface area (Å²) in [6.45, 7) is 2.40. The average Bonchev–Trinajstić information content (AvgIpc) is 2.55. The zero-order chi connectivity index (χ0) is 18.3. The Hall–Kier alpha value is -1.07. The third-order valence-electron chi connectivity index (χ3n) is 3.66. The van der Waals surface area contributed by atoms with Crippen LogP contribution in [0.25, 0.3) is 0 Å². The van der Waals surface area contributed by atoms with Gasteiger partial charge in [-0.25, -0.2) is 0 Å². The first-order valence-corrected chi connectivity index (χ1v) is 7.85. The predicted octanol–water partition coefficient (Wildman–Crippen LogP) is -2.37. The Labute approximate surface area is 140 Å². The third kappa shape index (κ3) is 5.78. The lowest BCUT2D eigenvalue weighted by molar-refractivity contribution is -0.302. The van der Waals surface area contributed by atoms with Crippen molar-refractivity contribution in [3.05, 3.63) is 12.2 Å². The van der Waals surface area contributed by atoms with Crippen LogP contribution in [0.2, 0.25) is 0 Å². The molecule has 1 aliphatic rings. The lowest BCUT2D eigenvalue weighted by atomic mass is 9.99. The van der Waals surface area contributed by atoms with E-state index in [2.05, 4.69) is 5.32 Å². The molecule has 1 rings (SSSR count). The molecule has 0 aromatic heterocycles. The van der Waals surface area contributed by atoms with Crippen molar-refractivity contribution < 1.29 is 39.8 Å². The monoisotopic (exact) mass is 349 g/mol. The zero-order valence-electron chi connectivity index (χ0n) is 13.8. The van der Waals surface area contributed by atoms with E-state index >= 15 is 0 Å². The van der Waals surface area contributed by atoms with Gasteiger partial charge in [-0.2, -0.15) is 0 Å². The van der Waals surface area contributed by atoms with Gasteiger partial charge in [-0.05, 0) is 6.42 Å². The number of carbonyl (C=O) groups is 1. The van der Waals surface area contributed by atoms with E-state index in [1.807, 2.05) is 6.92 Å². The maximum Gasteiger partial charge on any atom is 0.217 e. The van der Waals surface area contributed by atoms with Crippen molar-refractivity contribution >= 4 is 5.91 Å². The molecule has 0 aliphatic carbocycles. The highest BCUT2D eigenvalue weighted by Crippen LogP contribution is 2.22. The summed E-state index contributed by atoms with van der Waals surface area (Å²) in [7, 11) is 0. The van der Waals surface area contributed by atoms with Gasteiger partial charge in [0.25, 0.3) is 0 Å². The fourth-order valence-corrected chi connectivity index (χ4v) is 2.30. The molecule has 1 fully saturated rings. The van der Waals surface area contributed by atoms with Gasteiger partial charge in [-0.15, -0.1) is 0 Å². The van der Waals surface area contributed by atoms with Crippen LogP contribution in [-0.4, -0.2) is 87.5 Å². The molecule has 1 heterocycles. The van der Waals surface area contributed by atoms with Crippen LogP contribution in [0.15, 0.2) is 12.2 Å². The molecule has 9 heteroatoms. The fraction of sp³-hybridized carbons (Fsp3) is 0.800. The van der Waals surface area contributed by atoms with E-state index in [0.717, 1.165) is 0 Å². The Morgan fingerprint density at radius 3 is 2.50 bits per heavy atom. The van der Waals surface area contributed by atoms with Gasteiger partial charge in [0.05, 0.1) is 25.4 Å². The number of nitrogens with one attached hydrogen (secondary N) is 1. The van der Waals surface area contributed by atoms with Crippen LogP contribution in [0, 0.1) is 0 Å². The van der Waals surface area contributed by atoms with E-state index in [1.54, 1.807) is 6.08 Å². The summed E-state index contributed by atoms with van der Waals surface area (Å²) in [6.07, 6.45) is -4.04. The molecule has 0 spiro atoms. The lowest BCUT2D eigenvalue weighted by Crippen LogP contribution is -2.60. The fourth-order valence-electron chi connectivity index (χ4n) is 2.30. The minimum atomic E-state index is -1.55. The van der Waals surface area contributed by atoms with Gasteiger partial charge in [0, 0.05) is 6.92 Å². The van der Waals surface area contributed by atoms with Crippen molar-refractivity contribution in [2.24, 2.45) is 0 Å². The van der Waals surface area contributed by atoms with Crippen molar-refractivity contribution in [1.82, 2.24) is 5.32 Å². The predicted molar refractivity (Wildman–Crippen MR) is 82.8 cm³/mol. The summed E-state index contributed by atoms with van der Waals surface area (Å²) in [4.78, 5) is 11.3. The van der Waals surface area contributed by atoms with Crippen LogP contribution >= 0.6 is 0 Å². The first kappa shape index (κ1) is 21.0. The zero-order valence-corrected chi connectivity index (χ0v) is 13.8. The van der Waals surface area contributed by atoms with Gasteiger partial charge in [0.1, 0.15) is 24.4 Å². The highest BCUT2D eigenvalue weighted by Gasteiger charge is 2.44. The smallest absolute Gasteiger partial charge is 0.217 e. The molecular weight excluding hydrogens is 322 g/mol. The van der Waals surface area contributed by atoms with Gasteiger partial charge >= 0.3 is 0 Å². The second-order valence-corrected chi connectivity index (χ2v) is 5.66. The average molecular weight is 349 g/mol. The largest absolute Gasteiger partial charge is 0.394 e. The minimum Gasteiger partial charge on any atom is -0.394 e. The molecule has 9 nitrogen and oxygen atoms in total. The highest BCUT2D eigenvalue weighted by atomic mass is 16.7. The Balaban J connectivity index is 2.70. The Bertz CT molecular complexity index is 416. The molecule has 24 heavy (non-hydrogen) atoms. The molecule has 0 aromatic carbocycles. The summed E-state index contributed by atoms with van der Waals surface area (Å²) >= 11 is 0. The summed E-state index contributed by atoms with van der Waals surface area (Å²) in [5.74, 6) is -0.374. The molecule has 6 N–H and O–H groups in total. The number of amides is 1. The van der Waals surface area contributed by atoms with Gasteiger partial charge in [-0.1, -0.05) is 19.1 Å². The summed E-state index contributed by atoms with van der Waals surface area (Å²) in [6, 6.07) is -0.794. The van der Waals surface area contributed by atoms with Crippen molar-refractivity contribution in [2.75, 3.05) is 13.2 Å². The van der Waals surface area contributed by atoms with Gasteiger partial charge < -0.3 is 40.3 Å². The molecule has 0 radical (unpaired) electrons. The Morgan fingerprint density at radius 2 is 1.96 bits per heavy atom. The molecule has 0 aromatic rings. The number of carbonyl (C=O) groups excluding carboxylic acids is 1. The second-order valence-electron chi connectivity index (χ2n) is 5.66. The van der Waals surface area contributed by atoms with Crippen molar-refractivity contribution in [2.45, 2.75) is 63.1 Å². The summed E-state index contributed by atoms with van der Waals surface area (Å²) in [5, 5.41) is 51.0. The number of hydrogen-bond donors (Lipinski definition) is 6. The summed E-state index contributed by atoms with van der Waals surface area (Å²) in [5.41, 5.74) is 0. The molecule has 1 aliphatic heterocycles. The minimum absolute atomic E-state index is 0.211. The molecule has 0 saturated carbocycles. The van der Waals surface area contributed by atoms with Crippen LogP contribution in [0.1, 0.15) is 20.3 Å². The lowest BCUT2D eigenvalue weighted by Gasteiger charge is -2.40. The number of aliphatic hydroxyl groups is 5. The van der Waals surface area contributed by atoms with E-state index in [4.69, 9.17) is 14.6 Å². The Kier molecular flexibility index (Phi) is 8.78. The van der Waals surface area contributed by atoms with Crippen LogP contribution in [0.5, 0.6) is 0 Å². The number of ether oxygens (including phenoxy) is 2. The highest BCUT2D eigenvalue weighted by molar-refractivity contribution is 5.73. The number of rotatable bonds is 8. The van der Waals surface area contributed by atoms with E-state index in [0.29, 0.717) is 6.42 Å². The molecule has 5 unspecified atom stereocenters. The standard InChI is InChI=1S/C15H27NO8/c1-3-4-5-10(19)9(16-8(2)18)7-23-15-14(22)13(21)12(20)11(6-17)24-15/h4-5,9-15,17,19-22H,3,6-7H2,1-2H3,(H,16,18)/b5-4+/t9-,10+,11?,12?,13?,14?,15?/m0/s1. The molecule has 140 valence electrons. The van der Waals surface area contributed by atoms with E-state index in [9.17, 15) is 25.2 Å². The second kappa shape index (κ2) is 10.0. The number of allylic oxidation sites excluding steroid dienone is 1. The first-order chi connectivity index (χ1) is 11.3. The van der Waals surface area contributed by atoms with E-state index in [1.165, 1.54) is 13.0 Å². The molecule has 7 atom stereocenters. The number of hydrogen-bond acceptors (Lipinski definition) is 8. The topological polar surface area (TPSA) is 149 Å². The molecule has 0 bridgehead atoms. The van der Waals surface area contributed by atoms with E-state index < -0.39 is 49.5 Å². The summed E-state index contributed by atoms with van der Waals surface area (Å²) < 4.78 is 10.5. The van der Waals surface area contributed by atoms with Crippen molar-refractivity contribution in [3.63, 3.8) is 0 Å². The van der Waals surface area contributed by atoms with Gasteiger partial charge in [-0.3, -0.25) is 4.79 Å². The van der Waals surface area contributed by atoms with Gasteiger partial charge in [0.2, 0.25) is 5.91 Å². The van der Waals surface area contributed by atoms with Crippen molar-refractivity contribution in [1.29, 1.82) is 0 Å². The number of aliphatic hydroxyl groups excluding tert-OH is 5. The maximum absolute atomic E-state index is 11.3. The Morgan fingerprint density at radius 1 is 1.29 bits per heavy atom. The normalized spacial score (nSPS) is 33.4. The SMILES string of the molecule is CC/C=C/[C@@H](O)[C@H](COC1OC(CO)C(O)C(O)C1O)NC(C)=O. The van der Waals surface area contributed by atoms with Crippen LogP contribution in [0.4, 0.5) is 0 Å².